The van der Waals surface area contributed by atoms with Crippen molar-refractivity contribution >= 4 is 24.3 Å². The van der Waals surface area contributed by atoms with Crippen LogP contribution < -0.4 is 0 Å². The number of allylic oxidation sites excluding steroid dienone is 1. The molecule has 0 radical (unpaired) electrons. The van der Waals surface area contributed by atoms with Crippen molar-refractivity contribution in [1.82, 2.24) is 4.90 Å². The zero-order valence-corrected chi connectivity index (χ0v) is 13.7. The quantitative estimate of drug-likeness (QED) is 0.534. The maximum Gasteiger partial charge on any atom is 0.135 e. The average Bonchev–Trinajstić information content (AvgIpc) is 2.76. The lowest BCUT2D eigenvalue weighted by molar-refractivity contribution is -0.111. The lowest BCUT2D eigenvalue weighted by atomic mass is 9.85. The average molecular weight is 298 g/mol. The highest BCUT2D eigenvalue weighted by molar-refractivity contribution is 5.93. The molecule has 1 aromatic rings. The van der Waals surface area contributed by atoms with E-state index in [4.69, 9.17) is 0 Å². The van der Waals surface area contributed by atoms with Gasteiger partial charge in [0.1, 0.15) is 6.29 Å². The fourth-order valence-corrected chi connectivity index (χ4v) is 2.81. The maximum absolute atomic E-state index is 11.7. The second-order valence-electron chi connectivity index (χ2n) is 5.86. The van der Waals surface area contributed by atoms with Crippen molar-refractivity contribution in [2.75, 3.05) is 19.6 Å². The van der Waals surface area contributed by atoms with Gasteiger partial charge in [-0.05, 0) is 44.1 Å². The first kappa shape index (κ1) is 16.6. The number of para-hydroxylation sites is 1. The van der Waals surface area contributed by atoms with Gasteiger partial charge in [0.2, 0.25) is 0 Å². The molecule has 1 heterocycles. The summed E-state index contributed by atoms with van der Waals surface area (Å²) in [5.74, 6) is 0. The highest BCUT2D eigenvalue weighted by atomic mass is 16.1. The lowest BCUT2D eigenvalue weighted by Gasteiger charge is -2.21. The van der Waals surface area contributed by atoms with Crippen LogP contribution in [-0.4, -0.2) is 37.0 Å². The first-order valence-corrected chi connectivity index (χ1v) is 8.25. The van der Waals surface area contributed by atoms with Crippen LogP contribution in [0.25, 0.3) is 6.08 Å². The molecule has 1 aromatic carbocycles. The van der Waals surface area contributed by atoms with Gasteiger partial charge in [0.25, 0.3) is 0 Å². The van der Waals surface area contributed by atoms with Crippen LogP contribution in [0.1, 0.15) is 38.7 Å². The van der Waals surface area contributed by atoms with Gasteiger partial charge in [0.15, 0.2) is 0 Å². The highest BCUT2D eigenvalue weighted by Gasteiger charge is 2.25. The summed E-state index contributed by atoms with van der Waals surface area (Å²) < 4.78 is 0. The molecule has 0 aromatic heterocycles. The predicted octanol–water partition coefficient (Wildman–Crippen LogP) is 4.11. The topological polar surface area (TPSA) is 32.7 Å². The summed E-state index contributed by atoms with van der Waals surface area (Å²) in [5, 5.41) is 0. The standard InChI is InChI=1S/C19H26N2O/c1-3-21(4-2)14-8-7-12-19(16-22)13-11-17-9-5-6-10-18(17)20-15-19/h5-6,9-11,13,15-16H,3-4,7-8,12,14H2,1-2H3. The molecule has 3 heteroatoms. The molecular weight excluding hydrogens is 272 g/mol. The number of carbonyl (C=O) groups is 1. The van der Waals surface area contributed by atoms with Crippen LogP contribution in [0.15, 0.2) is 35.3 Å². The van der Waals surface area contributed by atoms with Gasteiger partial charge in [-0.3, -0.25) is 4.99 Å². The Morgan fingerprint density at radius 2 is 1.95 bits per heavy atom. The van der Waals surface area contributed by atoms with Crippen LogP contribution in [0.4, 0.5) is 5.69 Å². The number of carbonyl (C=O) groups excluding carboxylic acids is 1. The summed E-state index contributed by atoms with van der Waals surface area (Å²) in [6, 6.07) is 7.99. The SMILES string of the molecule is CCN(CC)CCCCC1(C=O)C=Cc2ccccc2N=C1. The Balaban J connectivity index is 1.98. The fraction of sp³-hybridized carbons (Fsp3) is 0.474. The smallest absolute Gasteiger partial charge is 0.135 e. The minimum atomic E-state index is -0.553. The normalized spacial score (nSPS) is 20.0. The largest absolute Gasteiger partial charge is 0.304 e. The van der Waals surface area contributed by atoms with Crippen molar-refractivity contribution in [2.45, 2.75) is 33.1 Å². The number of hydrogen-bond donors (Lipinski definition) is 0. The molecule has 0 bridgehead atoms. The molecular formula is C19H26N2O. The number of hydrogen-bond acceptors (Lipinski definition) is 3. The molecule has 1 aliphatic rings. The van der Waals surface area contributed by atoms with E-state index in [-0.39, 0.29) is 0 Å². The molecule has 1 atom stereocenters. The number of rotatable bonds is 8. The van der Waals surface area contributed by atoms with Crippen LogP contribution in [0.3, 0.4) is 0 Å². The van der Waals surface area contributed by atoms with Crippen LogP contribution >= 0.6 is 0 Å². The van der Waals surface area contributed by atoms with Crippen molar-refractivity contribution in [3.05, 3.63) is 35.9 Å². The predicted molar refractivity (Wildman–Crippen MR) is 93.8 cm³/mol. The van der Waals surface area contributed by atoms with E-state index in [1.807, 2.05) is 42.6 Å². The monoisotopic (exact) mass is 298 g/mol. The summed E-state index contributed by atoms with van der Waals surface area (Å²) in [6.45, 7) is 7.66. The van der Waals surface area contributed by atoms with Crippen LogP contribution in [0, 0.1) is 5.41 Å². The first-order valence-electron chi connectivity index (χ1n) is 8.25. The van der Waals surface area contributed by atoms with Crippen LogP contribution in [0.2, 0.25) is 0 Å². The Morgan fingerprint density at radius 1 is 1.18 bits per heavy atom. The van der Waals surface area contributed by atoms with E-state index >= 15 is 0 Å². The summed E-state index contributed by atoms with van der Waals surface area (Å²) in [7, 11) is 0. The van der Waals surface area contributed by atoms with Crippen LogP contribution in [0.5, 0.6) is 0 Å². The molecule has 0 spiro atoms. The van der Waals surface area contributed by atoms with Crippen molar-refractivity contribution < 1.29 is 4.79 Å². The third kappa shape index (κ3) is 4.14. The van der Waals surface area contributed by atoms with Crippen molar-refractivity contribution in [1.29, 1.82) is 0 Å². The van der Waals surface area contributed by atoms with E-state index in [2.05, 4.69) is 23.7 Å². The number of benzene rings is 1. The van der Waals surface area contributed by atoms with Gasteiger partial charge in [0.05, 0.1) is 11.1 Å². The van der Waals surface area contributed by atoms with Gasteiger partial charge in [-0.25, -0.2) is 0 Å². The number of aldehydes is 1. The van der Waals surface area contributed by atoms with Gasteiger partial charge >= 0.3 is 0 Å². The Hall–Kier alpha value is -1.74. The van der Waals surface area contributed by atoms with Gasteiger partial charge in [0, 0.05) is 6.21 Å². The summed E-state index contributed by atoms with van der Waals surface area (Å²) in [6.07, 6.45) is 9.86. The highest BCUT2D eigenvalue weighted by Crippen LogP contribution is 2.30. The minimum absolute atomic E-state index is 0.553. The van der Waals surface area contributed by atoms with E-state index in [0.29, 0.717) is 0 Å². The maximum atomic E-state index is 11.7. The van der Waals surface area contributed by atoms with E-state index < -0.39 is 5.41 Å². The van der Waals surface area contributed by atoms with E-state index in [0.717, 1.165) is 56.4 Å². The number of aliphatic imine (C=N–C) groups is 1. The van der Waals surface area contributed by atoms with Gasteiger partial charge < -0.3 is 9.69 Å². The molecule has 0 amide bonds. The Labute approximate surface area is 133 Å². The van der Waals surface area contributed by atoms with E-state index in [9.17, 15) is 4.79 Å². The molecule has 22 heavy (non-hydrogen) atoms. The molecule has 1 unspecified atom stereocenters. The lowest BCUT2D eigenvalue weighted by Crippen LogP contribution is -2.25. The van der Waals surface area contributed by atoms with Crippen molar-refractivity contribution in [3.63, 3.8) is 0 Å². The van der Waals surface area contributed by atoms with E-state index in [1.54, 1.807) is 0 Å². The summed E-state index contributed by atoms with van der Waals surface area (Å²) in [4.78, 5) is 18.6. The molecule has 0 saturated carbocycles. The molecule has 0 aliphatic carbocycles. The molecule has 118 valence electrons. The number of fused-ring (bicyclic) bond motifs is 1. The van der Waals surface area contributed by atoms with Gasteiger partial charge in [-0.1, -0.05) is 50.6 Å². The molecule has 3 nitrogen and oxygen atoms in total. The Kier molecular flexibility index (Phi) is 6.08. The second kappa shape index (κ2) is 8.04. The Bertz CT molecular complexity index is 511. The minimum Gasteiger partial charge on any atom is -0.304 e. The third-order valence-corrected chi connectivity index (χ3v) is 4.40. The number of nitrogens with zero attached hydrogens (tertiary/aromatic N) is 2. The zero-order chi connectivity index (χ0) is 15.8. The van der Waals surface area contributed by atoms with Crippen LogP contribution in [-0.2, 0) is 4.79 Å². The molecule has 0 saturated heterocycles. The second-order valence-corrected chi connectivity index (χ2v) is 5.86. The first-order chi connectivity index (χ1) is 10.7. The third-order valence-electron chi connectivity index (χ3n) is 4.40. The van der Waals surface area contributed by atoms with Gasteiger partial charge in [-0.2, -0.15) is 0 Å². The van der Waals surface area contributed by atoms with E-state index in [1.165, 1.54) is 0 Å². The zero-order valence-electron chi connectivity index (χ0n) is 13.7. The Morgan fingerprint density at radius 3 is 2.68 bits per heavy atom. The molecule has 0 fully saturated rings. The van der Waals surface area contributed by atoms with Crippen molar-refractivity contribution in [2.24, 2.45) is 10.4 Å². The van der Waals surface area contributed by atoms with Gasteiger partial charge in [-0.15, -0.1) is 0 Å². The molecule has 2 rings (SSSR count). The fourth-order valence-electron chi connectivity index (χ4n) is 2.81. The van der Waals surface area contributed by atoms with Crippen molar-refractivity contribution in [3.8, 4) is 0 Å². The summed E-state index contributed by atoms with van der Waals surface area (Å²) in [5.41, 5.74) is 1.46. The molecule has 1 aliphatic heterocycles. The summed E-state index contributed by atoms with van der Waals surface area (Å²) >= 11 is 0. The number of unbranched alkanes of at least 4 members (excludes halogenated alkanes) is 1. The molecule has 0 N–H and O–H groups in total.